The van der Waals surface area contributed by atoms with E-state index in [9.17, 15) is 9.59 Å². The number of nitrogen functional groups attached to an aromatic ring is 1. The minimum Gasteiger partial charge on any atom is -0.399 e. The fraction of sp³-hybridized carbons (Fsp3) is 0. The van der Waals surface area contributed by atoms with Crippen LogP contribution in [0.4, 0.5) is 11.4 Å². The van der Waals surface area contributed by atoms with E-state index < -0.39 is 5.91 Å². The molecule has 0 unspecified atom stereocenters. The van der Waals surface area contributed by atoms with Crippen LogP contribution in [0.2, 0.25) is 5.02 Å². The highest BCUT2D eigenvalue weighted by molar-refractivity contribution is 6.34. The summed E-state index contributed by atoms with van der Waals surface area (Å²) in [4.78, 5) is 25.3. The number of nitrogens with two attached hydrogens (primary N) is 1. The number of nitrogens with one attached hydrogen (secondary N) is 2. The van der Waals surface area contributed by atoms with Gasteiger partial charge in [-0.05, 0) is 24.3 Å². The van der Waals surface area contributed by atoms with Gasteiger partial charge in [0.25, 0.3) is 5.91 Å². The SMILES string of the molecule is Nc1ccc(NC(=O)c2cccc(=O)[nH]2)c(Cl)c1. The van der Waals surface area contributed by atoms with Crippen molar-refractivity contribution in [1.29, 1.82) is 0 Å². The number of amides is 1. The summed E-state index contributed by atoms with van der Waals surface area (Å²) in [6.07, 6.45) is 0. The zero-order valence-electron chi connectivity index (χ0n) is 9.24. The molecule has 0 saturated carbocycles. The van der Waals surface area contributed by atoms with Crippen LogP contribution in [0.25, 0.3) is 0 Å². The van der Waals surface area contributed by atoms with Crippen LogP contribution in [-0.2, 0) is 0 Å². The summed E-state index contributed by atoms with van der Waals surface area (Å²) in [6, 6.07) is 9.07. The number of carbonyl (C=O) groups excluding carboxylic acids is 1. The first-order valence-corrected chi connectivity index (χ1v) is 5.50. The van der Waals surface area contributed by atoms with Crippen LogP contribution in [0.5, 0.6) is 0 Å². The van der Waals surface area contributed by atoms with Gasteiger partial charge < -0.3 is 16.0 Å². The van der Waals surface area contributed by atoms with Crippen molar-refractivity contribution in [3.8, 4) is 0 Å². The maximum absolute atomic E-state index is 11.8. The summed E-state index contributed by atoms with van der Waals surface area (Å²) in [6.45, 7) is 0. The topological polar surface area (TPSA) is 88.0 Å². The number of pyridine rings is 1. The number of halogens is 1. The van der Waals surface area contributed by atoms with Crippen molar-refractivity contribution in [2.75, 3.05) is 11.1 Å². The smallest absolute Gasteiger partial charge is 0.272 e. The van der Waals surface area contributed by atoms with E-state index in [-0.39, 0.29) is 11.3 Å². The average Bonchev–Trinajstić information content (AvgIpc) is 2.32. The number of rotatable bonds is 2. The van der Waals surface area contributed by atoms with Gasteiger partial charge in [0.15, 0.2) is 0 Å². The standard InChI is InChI=1S/C12H10ClN3O2/c13-8-6-7(14)4-5-9(8)16-12(18)10-2-1-3-11(17)15-10/h1-6H,14H2,(H,15,17)(H,16,18). The van der Waals surface area contributed by atoms with E-state index in [0.29, 0.717) is 16.4 Å². The van der Waals surface area contributed by atoms with Gasteiger partial charge >= 0.3 is 0 Å². The van der Waals surface area contributed by atoms with Gasteiger partial charge in [-0.25, -0.2) is 0 Å². The molecule has 2 aromatic rings. The maximum atomic E-state index is 11.8. The number of carbonyl (C=O) groups is 1. The molecule has 18 heavy (non-hydrogen) atoms. The van der Waals surface area contributed by atoms with Crippen molar-refractivity contribution >= 4 is 28.9 Å². The second-order valence-corrected chi connectivity index (χ2v) is 4.03. The highest BCUT2D eigenvalue weighted by atomic mass is 35.5. The molecular formula is C12H10ClN3O2. The van der Waals surface area contributed by atoms with Gasteiger partial charge in [-0.2, -0.15) is 0 Å². The molecule has 2 rings (SSSR count). The zero-order valence-corrected chi connectivity index (χ0v) is 9.99. The summed E-state index contributed by atoms with van der Waals surface area (Å²) in [5.41, 5.74) is 6.30. The lowest BCUT2D eigenvalue weighted by Gasteiger charge is -2.07. The van der Waals surface area contributed by atoms with Crippen LogP contribution in [0.3, 0.4) is 0 Å². The quantitative estimate of drug-likeness (QED) is 0.723. The van der Waals surface area contributed by atoms with Gasteiger partial charge in [0.05, 0.1) is 10.7 Å². The van der Waals surface area contributed by atoms with E-state index in [2.05, 4.69) is 10.3 Å². The fourth-order valence-electron chi connectivity index (χ4n) is 1.40. The third-order valence-electron chi connectivity index (χ3n) is 2.25. The molecular weight excluding hydrogens is 254 g/mol. The number of benzene rings is 1. The van der Waals surface area contributed by atoms with Gasteiger partial charge in [0.1, 0.15) is 5.69 Å². The van der Waals surface area contributed by atoms with Crippen LogP contribution in [0.15, 0.2) is 41.2 Å². The molecule has 0 spiro atoms. The minimum atomic E-state index is -0.445. The van der Waals surface area contributed by atoms with Crippen LogP contribution < -0.4 is 16.6 Å². The maximum Gasteiger partial charge on any atom is 0.272 e. The number of anilines is 2. The summed E-state index contributed by atoms with van der Waals surface area (Å²) in [5, 5.41) is 2.92. The van der Waals surface area contributed by atoms with Crippen LogP contribution >= 0.6 is 11.6 Å². The van der Waals surface area contributed by atoms with E-state index in [1.54, 1.807) is 12.1 Å². The predicted molar refractivity (Wildman–Crippen MR) is 70.9 cm³/mol. The van der Waals surface area contributed by atoms with Crippen molar-refractivity contribution in [2.45, 2.75) is 0 Å². The average molecular weight is 264 g/mol. The lowest BCUT2D eigenvalue weighted by atomic mass is 10.2. The number of hydrogen-bond donors (Lipinski definition) is 3. The zero-order chi connectivity index (χ0) is 13.1. The molecule has 1 aromatic heterocycles. The molecule has 1 aromatic carbocycles. The predicted octanol–water partition coefficient (Wildman–Crippen LogP) is 1.86. The molecule has 0 radical (unpaired) electrons. The molecule has 6 heteroatoms. The molecule has 0 atom stereocenters. The summed E-state index contributed by atoms with van der Waals surface area (Å²) >= 11 is 5.93. The largest absolute Gasteiger partial charge is 0.399 e. The Hall–Kier alpha value is -2.27. The molecule has 0 aliphatic carbocycles. The molecule has 0 aliphatic heterocycles. The van der Waals surface area contributed by atoms with Gasteiger partial charge in [-0.1, -0.05) is 17.7 Å². The van der Waals surface area contributed by atoms with E-state index in [1.807, 2.05) is 0 Å². The van der Waals surface area contributed by atoms with E-state index >= 15 is 0 Å². The highest BCUT2D eigenvalue weighted by Gasteiger charge is 2.09. The van der Waals surface area contributed by atoms with Gasteiger partial charge in [-0.3, -0.25) is 9.59 Å². The second-order valence-electron chi connectivity index (χ2n) is 3.62. The lowest BCUT2D eigenvalue weighted by Crippen LogP contribution is -2.18. The fourth-order valence-corrected chi connectivity index (χ4v) is 1.64. The number of aromatic amines is 1. The first-order valence-electron chi connectivity index (χ1n) is 5.12. The van der Waals surface area contributed by atoms with Gasteiger partial charge in [0.2, 0.25) is 5.56 Å². The Balaban J connectivity index is 2.24. The Morgan fingerprint density at radius 2 is 2.06 bits per heavy atom. The Labute approximate surface area is 108 Å². The molecule has 0 aliphatic rings. The monoisotopic (exact) mass is 263 g/mol. The highest BCUT2D eigenvalue weighted by Crippen LogP contribution is 2.24. The van der Waals surface area contributed by atoms with Crippen molar-refractivity contribution in [3.05, 3.63) is 57.5 Å². The number of aromatic nitrogens is 1. The van der Waals surface area contributed by atoms with Crippen LogP contribution in [0.1, 0.15) is 10.5 Å². The lowest BCUT2D eigenvalue weighted by molar-refractivity contribution is 0.102. The molecule has 0 saturated heterocycles. The Morgan fingerprint density at radius 3 is 2.72 bits per heavy atom. The third-order valence-corrected chi connectivity index (χ3v) is 2.57. The Kier molecular flexibility index (Phi) is 3.34. The minimum absolute atomic E-state index is 0.162. The van der Waals surface area contributed by atoms with Crippen molar-refractivity contribution in [2.24, 2.45) is 0 Å². The van der Waals surface area contributed by atoms with Crippen LogP contribution in [-0.4, -0.2) is 10.9 Å². The van der Waals surface area contributed by atoms with Crippen molar-refractivity contribution in [1.82, 2.24) is 4.98 Å². The first-order chi connectivity index (χ1) is 8.56. The molecule has 1 amide bonds. The Morgan fingerprint density at radius 1 is 1.28 bits per heavy atom. The molecule has 92 valence electrons. The third kappa shape index (κ3) is 2.70. The molecule has 1 heterocycles. The normalized spacial score (nSPS) is 10.1. The molecule has 0 fully saturated rings. The Bertz CT molecular complexity index is 652. The summed E-state index contributed by atoms with van der Waals surface area (Å²) < 4.78 is 0. The van der Waals surface area contributed by atoms with Gasteiger partial charge in [-0.15, -0.1) is 0 Å². The van der Waals surface area contributed by atoms with E-state index in [4.69, 9.17) is 17.3 Å². The van der Waals surface area contributed by atoms with Crippen molar-refractivity contribution in [3.63, 3.8) is 0 Å². The number of hydrogen-bond acceptors (Lipinski definition) is 3. The van der Waals surface area contributed by atoms with Crippen LogP contribution in [0, 0.1) is 0 Å². The van der Waals surface area contributed by atoms with E-state index in [1.165, 1.54) is 24.3 Å². The molecule has 0 bridgehead atoms. The van der Waals surface area contributed by atoms with Crippen molar-refractivity contribution < 1.29 is 4.79 Å². The van der Waals surface area contributed by atoms with E-state index in [0.717, 1.165) is 0 Å². The summed E-state index contributed by atoms with van der Waals surface area (Å²) in [5.74, 6) is -0.445. The van der Waals surface area contributed by atoms with Gasteiger partial charge in [0, 0.05) is 11.8 Å². The molecule has 5 nitrogen and oxygen atoms in total. The number of H-pyrrole nitrogens is 1. The first kappa shape index (κ1) is 12.2. The second kappa shape index (κ2) is 4.93. The summed E-state index contributed by atoms with van der Waals surface area (Å²) in [7, 11) is 0. The molecule has 4 N–H and O–H groups in total.